The fourth-order valence-corrected chi connectivity index (χ4v) is 2.77. The largest absolute Gasteiger partial charge is 0.304 e. The van der Waals surface area contributed by atoms with Gasteiger partial charge in [0.2, 0.25) is 0 Å². The van der Waals surface area contributed by atoms with Gasteiger partial charge in [0.05, 0.1) is 16.1 Å². The molecule has 1 atom stereocenters. The van der Waals surface area contributed by atoms with Gasteiger partial charge in [-0.1, -0.05) is 18.5 Å². The Labute approximate surface area is 108 Å². The molecule has 0 saturated heterocycles. The second-order valence-corrected chi connectivity index (χ2v) is 5.25. The minimum absolute atomic E-state index is 0.237. The Morgan fingerprint density at radius 1 is 1.47 bits per heavy atom. The molecule has 2 heterocycles. The zero-order chi connectivity index (χ0) is 12.3. The third-order valence-electron chi connectivity index (χ3n) is 2.35. The lowest BCUT2D eigenvalue weighted by atomic mass is 10.1. The number of pyridine rings is 1. The highest BCUT2D eigenvalue weighted by Gasteiger charge is 2.19. The predicted molar refractivity (Wildman–Crippen MR) is 69.0 cm³/mol. The van der Waals surface area contributed by atoms with E-state index in [1.54, 1.807) is 12.3 Å². The maximum absolute atomic E-state index is 13.7. The van der Waals surface area contributed by atoms with Gasteiger partial charge < -0.3 is 5.32 Å². The molecule has 0 saturated carbocycles. The first kappa shape index (κ1) is 12.5. The lowest BCUT2D eigenvalue weighted by Gasteiger charge is -2.16. The molecule has 2 rings (SSSR count). The van der Waals surface area contributed by atoms with Gasteiger partial charge in [-0.15, -0.1) is 11.3 Å². The van der Waals surface area contributed by atoms with E-state index in [0.717, 1.165) is 11.4 Å². The van der Waals surface area contributed by atoms with E-state index in [0.29, 0.717) is 10.0 Å². The number of halogens is 2. The van der Waals surface area contributed by atoms with Gasteiger partial charge in [-0.3, -0.25) is 4.98 Å². The average molecular weight is 271 g/mol. The molecule has 0 amide bonds. The van der Waals surface area contributed by atoms with Crippen LogP contribution >= 0.6 is 22.9 Å². The molecule has 0 bridgehead atoms. The van der Waals surface area contributed by atoms with E-state index in [-0.39, 0.29) is 11.9 Å². The second-order valence-electron chi connectivity index (χ2n) is 3.50. The number of nitrogens with zero attached hydrogens (tertiary/aromatic N) is 1. The molecular weight excluding hydrogens is 259 g/mol. The van der Waals surface area contributed by atoms with Gasteiger partial charge in [0.1, 0.15) is 5.82 Å². The first-order chi connectivity index (χ1) is 8.22. The summed E-state index contributed by atoms with van der Waals surface area (Å²) in [6.45, 7) is 2.71. The Hall–Kier alpha value is -0.970. The van der Waals surface area contributed by atoms with Gasteiger partial charge in [-0.2, -0.15) is 0 Å². The molecule has 0 aliphatic carbocycles. The molecule has 2 aromatic rings. The van der Waals surface area contributed by atoms with Crippen LogP contribution in [0, 0.1) is 5.82 Å². The van der Waals surface area contributed by atoms with E-state index < -0.39 is 0 Å². The Morgan fingerprint density at radius 2 is 2.29 bits per heavy atom. The van der Waals surface area contributed by atoms with Crippen molar-refractivity contribution in [3.05, 3.63) is 51.2 Å². The van der Waals surface area contributed by atoms with Gasteiger partial charge in [0, 0.05) is 11.1 Å². The average Bonchev–Trinajstić information content (AvgIpc) is 2.74. The lowest BCUT2D eigenvalue weighted by Crippen LogP contribution is -2.23. The van der Waals surface area contributed by atoms with Crippen LogP contribution in [-0.2, 0) is 0 Å². The fraction of sp³-hybridized carbons (Fsp3) is 0.250. The Balaban J connectivity index is 2.39. The normalized spacial score (nSPS) is 12.6. The quantitative estimate of drug-likeness (QED) is 0.918. The molecule has 0 aliphatic heterocycles. The Morgan fingerprint density at radius 3 is 2.88 bits per heavy atom. The van der Waals surface area contributed by atoms with Gasteiger partial charge >= 0.3 is 0 Å². The molecular formula is C12H12ClFN2S. The highest BCUT2D eigenvalue weighted by atomic mass is 35.5. The summed E-state index contributed by atoms with van der Waals surface area (Å²) in [7, 11) is 0. The van der Waals surface area contributed by atoms with Crippen LogP contribution in [0.5, 0.6) is 0 Å². The van der Waals surface area contributed by atoms with Crippen molar-refractivity contribution in [2.24, 2.45) is 0 Å². The molecule has 0 aliphatic rings. The van der Waals surface area contributed by atoms with Crippen LogP contribution in [0.2, 0.25) is 4.34 Å². The summed E-state index contributed by atoms with van der Waals surface area (Å²) in [4.78, 5) is 5.08. The fourth-order valence-electron chi connectivity index (χ4n) is 1.63. The summed E-state index contributed by atoms with van der Waals surface area (Å²) in [6, 6.07) is 6.48. The zero-order valence-corrected chi connectivity index (χ0v) is 10.9. The molecule has 5 heteroatoms. The van der Waals surface area contributed by atoms with Crippen molar-refractivity contribution in [1.29, 1.82) is 0 Å². The Bertz CT molecular complexity index is 501. The smallest absolute Gasteiger partial charge is 0.146 e. The highest BCUT2D eigenvalue weighted by Crippen LogP contribution is 2.31. The van der Waals surface area contributed by atoms with E-state index >= 15 is 0 Å². The maximum atomic E-state index is 13.7. The lowest BCUT2D eigenvalue weighted by molar-refractivity contribution is 0.547. The van der Waals surface area contributed by atoms with E-state index in [1.165, 1.54) is 17.4 Å². The van der Waals surface area contributed by atoms with Crippen LogP contribution < -0.4 is 5.32 Å². The molecule has 1 unspecified atom stereocenters. The van der Waals surface area contributed by atoms with Gasteiger partial charge in [-0.05, 0) is 30.8 Å². The van der Waals surface area contributed by atoms with Crippen molar-refractivity contribution >= 4 is 22.9 Å². The van der Waals surface area contributed by atoms with Crippen molar-refractivity contribution in [1.82, 2.24) is 10.3 Å². The highest BCUT2D eigenvalue weighted by molar-refractivity contribution is 7.16. The molecule has 1 N–H and O–H groups in total. The minimum Gasteiger partial charge on any atom is -0.304 e. The van der Waals surface area contributed by atoms with Crippen LogP contribution in [0.3, 0.4) is 0 Å². The molecule has 0 aromatic carbocycles. The van der Waals surface area contributed by atoms with E-state index in [2.05, 4.69) is 10.3 Å². The monoisotopic (exact) mass is 270 g/mol. The Kier molecular flexibility index (Phi) is 4.10. The topological polar surface area (TPSA) is 24.9 Å². The summed E-state index contributed by atoms with van der Waals surface area (Å²) in [5.41, 5.74) is 0.410. The predicted octanol–water partition coefficient (Wildman–Crippen LogP) is 3.63. The summed E-state index contributed by atoms with van der Waals surface area (Å²) in [6.07, 6.45) is 1.60. The third kappa shape index (κ3) is 2.83. The SMILES string of the molecule is CCNC(c1ccc(Cl)s1)c1ncccc1F. The summed E-state index contributed by atoms with van der Waals surface area (Å²) < 4.78 is 14.4. The number of rotatable bonds is 4. The van der Waals surface area contributed by atoms with E-state index in [9.17, 15) is 4.39 Å². The summed E-state index contributed by atoms with van der Waals surface area (Å²) in [5.74, 6) is -0.303. The number of nitrogens with one attached hydrogen (secondary N) is 1. The molecule has 0 spiro atoms. The van der Waals surface area contributed by atoms with Gasteiger partial charge in [-0.25, -0.2) is 4.39 Å². The number of hydrogen-bond acceptors (Lipinski definition) is 3. The van der Waals surface area contributed by atoms with Gasteiger partial charge in [0.25, 0.3) is 0 Å². The van der Waals surface area contributed by atoms with Gasteiger partial charge in [0.15, 0.2) is 0 Å². The summed E-state index contributed by atoms with van der Waals surface area (Å²) >= 11 is 7.34. The first-order valence-electron chi connectivity index (χ1n) is 5.31. The number of thiophene rings is 1. The van der Waals surface area contributed by atoms with Crippen LogP contribution in [0.1, 0.15) is 23.5 Å². The van der Waals surface area contributed by atoms with Crippen molar-refractivity contribution in [3.8, 4) is 0 Å². The van der Waals surface area contributed by atoms with Crippen molar-refractivity contribution in [2.75, 3.05) is 6.54 Å². The van der Waals surface area contributed by atoms with Crippen LogP contribution in [0.15, 0.2) is 30.5 Å². The minimum atomic E-state index is -0.303. The zero-order valence-electron chi connectivity index (χ0n) is 9.28. The third-order valence-corrected chi connectivity index (χ3v) is 3.64. The molecule has 2 nitrogen and oxygen atoms in total. The number of aromatic nitrogens is 1. The number of hydrogen-bond donors (Lipinski definition) is 1. The molecule has 0 radical (unpaired) electrons. The van der Waals surface area contributed by atoms with Crippen molar-refractivity contribution in [3.63, 3.8) is 0 Å². The van der Waals surface area contributed by atoms with Crippen molar-refractivity contribution in [2.45, 2.75) is 13.0 Å². The molecule has 17 heavy (non-hydrogen) atoms. The van der Waals surface area contributed by atoms with Crippen LogP contribution in [0.4, 0.5) is 4.39 Å². The molecule has 0 fully saturated rings. The first-order valence-corrected chi connectivity index (χ1v) is 6.51. The second kappa shape index (κ2) is 5.58. The van der Waals surface area contributed by atoms with E-state index in [1.807, 2.05) is 19.1 Å². The van der Waals surface area contributed by atoms with Crippen LogP contribution in [0.25, 0.3) is 0 Å². The standard InChI is InChI=1S/C12H12ClFN2S/c1-2-15-12(9-5-6-10(13)17-9)11-8(14)4-3-7-16-11/h3-7,12,15H,2H2,1H3. The summed E-state index contributed by atoms with van der Waals surface area (Å²) in [5, 5.41) is 3.22. The maximum Gasteiger partial charge on any atom is 0.146 e. The van der Waals surface area contributed by atoms with Crippen molar-refractivity contribution < 1.29 is 4.39 Å². The molecule has 2 aromatic heterocycles. The van der Waals surface area contributed by atoms with Crippen LogP contribution in [-0.4, -0.2) is 11.5 Å². The molecule has 90 valence electrons. The van der Waals surface area contributed by atoms with E-state index in [4.69, 9.17) is 11.6 Å².